The van der Waals surface area contributed by atoms with E-state index in [0.717, 1.165) is 38.2 Å². The number of alkyl carbamates (subject to hydrolysis) is 1. The van der Waals surface area contributed by atoms with Crippen molar-refractivity contribution in [3.8, 4) is 0 Å². The van der Waals surface area contributed by atoms with Crippen LogP contribution in [0.15, 0.2) is 0 Å². The fraction of sp³-hybridized carbons (Fsp3) is 0.882. The molecule has 0 fully saturated rings. The van der Waals surface area contributed by atoms with Crippen LogP contribution >= 0.6 is 11.6 Å². The Balaban J connectivity index is 3.12. The highest BCUT2D eigenvalue weighted by atomic mass is 35.5. The molecule has 1 amide bonds. The molecule has 7 nitrogen and oxygen atoms in total. The lowest BCUT2D eigenvalue weighted by Gasteiger charge is -2.08. The number of halogens is 1. The molecule has 0 atom stereocenters. The topological polar surface area (TPSA) is 75.3 Å². The number of rotatable bonds is 19. The molecule has 1 radical (unpaired) electrons. The summed E-state index contributed by atoms with van der Waals surface area (Å²) in [6.07, 6.45) is 3.95. The maximum absolute atomic E-state index is 11.3. The van der Waals surface area contributed by atoms with Crippen molar-refractivity contribution in [3.63, 3.8) is 0 Å². The number of amides is 1. The van der Waals surface area contributed by atoms with Crippen LogP contribution < -0.4 is 5.32 Å². The van der Waals surface area contributed by atoms with E-state index in [1.54, 1.807) is 0 Å². The summed E-state index contributed by atoms with van der Waals surface area (Å²) in [6, 6.07) is 0. The van der Waals surface area contributed by atoms with Crippen LogP contribution in [-0.2, 0) is 23.7 Å². The number of alkyl halides is 1. The van der Waals surface area contributed by atoms with Gasteiger partial charge in [-0.25, -0.2) is 4.79 Å². The molecule has 0 aromatic rings. The minimum Gasteiger partial charge on any atom is -0.447 e. The number of carbonyl (C=O) groups is 1. The predicted molar refractivity (Wildman–Crippen MR) is 97.2 cm³/mol. The molecule has 0 aromatic carbocycles. The third-order valence-electron chi connectivity index (χ3n) is 3.04. The molecule has 0 saturated heterocycles. The number of hydrogen-bond donors (Lipinski definition) is 1. The SMILES string of the molecule is [CH2]COCCOCCOC(=O)NCCOCCOCCCCCCCl. The highest BCUT2D eigenvalue weighted by Crippen LogP contribution is 2.00. The molecule has 0 saturated carbocycles. The van der Waals surface area contributed by atoms with Gasteiger partial charge < -0.3 is 29.0 Å². The van der Waals surface area contributed by atoms with Gasteiger partial charge in [0.1, 0.15) is 6.61 Å². The molecule has 0 heterocycles. The highest BCUT2D eigenvalue weighted by Gasteiger charge is 2.00. The second-order valence-electron chi connectivity index (χ2n) is 5.12. The van der Waals surface area contributed by atoms with Crippen molar-refractivity contribution in [1.29, 1.82) is 0 Å². The van der Waals surface area contributed by atoms with Gasteiger partial charge in [0.05, 0.1) is 39.6 Å². The van der Waals surface area contributed by atoms with Crippen LogP contribution in [0.3, 0.4) is 0 Å². The molecule has 1 N–H and O–H groups in total. The molecule has 0 aliphatic rings. The summed E-state index contributed by atoms with van der Waals surface area (Å²) in [5.41, 5.74) is 0. The van der Waals surface area contributed by atoms with Gasteiger partial charge in [0.15, 0.2) is 0 Å². The number of hydrogen-bond acceptors (Lipinski definition) is 6. The van der Waals surface area contributed by atoms with Gasteiger partial charge in [-0.05, 0) is 19.8 Å². The molecule has 0 aliphatic carbocycles. The summed E-state index contributed by atoms with van der Waals surface area (Å²) in [4.78, 5) is 11.3. The maximum Gasteiger partial charge on any atom is 0.407 e. The van der Waals surface area contributed by atoms with Gasteiger partial charge in [0.2, 0.25) is 0 Å². The van der Waals surface area contributed by atoms with Crippen LogP contribution in [0.25, 0.3) is 0 Å². The monoisotopic (exact) mass is 382 g/mol. The Hall–Kier alpha value is -0.600. The molecular weight excluding hydrogens is 350 g/mol. The lowest BCUT2D eigenvalue weighted by molar-refractivity contribution is 0.0327. The summed E-state index contributed by atoms with van der Waals surface area (Å²) in [5.74, 6) is 0.733. The van der Waals surface area contributed by atoms with Crippen molar-refractivity contribution in [2.24, 2.45) is 0 Å². The van der Waals surface area contributed by atoms with Gasteiger partial charge >= 0.3 is 6.09 Å². The Labute approximate surface area is 156 Å². The molecule has 149 valence electrons. The molecule has 0 unspecified atom stereocenters. The van der Waals surface area contributed by atoms with Gasteiger partial charge in [-0.2, -0.15) is 0 Å². The Morgan fingerprint density at radius 3 is 2.08 bits per heavy atom. The molecule has 0 aliphatic heterocycles. The zero-order valence-electron chi connectivity index (χ0n) is 15.1. The fourth-order valence-corrected chi connectivity index (χ4v) is 1.95. The van der Waals surface area contributed by atoms with E-state index < -0.39 is 6.09 Å². The summed E-state index contributed by atoms with van der Waals surface area (Å²) in [7, 11) is 0. The van der Waals surface area contributed by atoms with E-state index in [9.17, 15) is 4.79 Å². The number of unbranched alkanes of at least 4 members (excludes halogenated alkanes) is 3. The average Bonchev–Trinajstić information content (AvgIpc) is 2.62. The third-order valence-corrected chi connectivity index (χ3v) is 3.30. The Bertz CT molecular complexity index is 284. The smallest absolute Gasteiger partial charge is 0.407 e. The molecule has 0 spiro atoms. The van der Waals surface area contributed by atoms with E-state index in [4.69, 9.17) is 35.3 Å². The van der Waals surface area contributed by atoms with Gasteiger partial charge in [-0.3, -0.25) is 0 Å². The second kappa shape index (κ2) is 21.4. The summed E-state index contributed by atoms with van der Waals surface area (Å²) in [5, 5.41) is 2.60. The standard InChI is InChI=1S/C17H33ClNO6/c1-2-21-11-12-24-15-16-25-17(20)19-8-10-23-14-13-22-9-6-4-3-5-7-18/h1-16H2,(H,19,20). The molecule has 8 heteroatoms. The Kier molecular flexibility index (Phi) is 20.9. The lowest BCUT2D eigenvalue weighted by atomic mass is 10.2. The second-order valence-corrected chi connectivity index (χ2v) is 5.49. The van der Waals surface area contributed by atoms with E-state index in [1.807, 2.05) is 0 Å². The van der Waals surface area contributed by atoms with Crippen LogP contribution in [0.2, 0.25) is 0 Å². The van der Waals surface area contributed by atoms with Crippen LogP contribution in [0.1, 0.15) is 25.7 Å². The van der Waals surface area contributed by atoms with E-state index in [0.29, 0.717) is 52.8 Å². The van der Waals surface area contributed by atoms with E-state index in [2.05, 4.69) is 12.2 Å². The molecule has 0 aromatic heterocycles. The molecular formula is C17H33ClNO6. The minimum atomic E-state index is -0.477. The highest BCUT2D eigenvalue weighted by molar-refractivity contribution is 6.17. The first-order chi connectivity index (χ1) is 12.3. The van der Waals surface area contributed by atoms with E-state index in [1.165, 1.54) is 0 Å². The first-order valence-electron chi connectivity index (χ1n) is 8.88. The quantitative estimate of drug-likeness (QED) is 0.273. The third kappa shape index (κ3) is 21.4. The number of ether oxygens (including phenoxy) is 5. The van der Waals surface area contributed by atoms with Crippen LogP contribution in [0.5, 0.6) is 0 Å². The minimum absolute atomic E-state index is 0.204. The maximum atomic E-state index is 11.3. The van der Waals surface area contributed by atoms with Crippen LogP contribution in [-0.4, -0.2) is 78.0 Å². The Morgan fingerprint density at radius 1 is 0.760 bits per heavy atom. The molecule has 0 rings (SSSR count). The fourth-order valence-electron chi connectivity index (χ4n) is 1.77. The summed E-state index contributed by atoms with van der Waals surface area (Å²) < 4.78 is 25.9. The van der Waals surface area contributed by atoms with Crippen molar-refractivity contribution < 1.29 is 28.5 Å². The van der Waals surface area contributed by atoms with Crippen molar-refractivity contribution in [3.05, 3.63) is 6.92 Å². The van der Waals surface area contributed by atoms with Crippen molar-refractivity contribution in [2.75, 3.05) is 71.9 Å². The number of nitrogens with one attached hydrogen (secondary N) is 1. The van der Waals surface area contributed by atoms with Gasteiger partial charge in [0, 0.05) is 25.6 Å². The normalized spacial score (nSPS) is 10.8. The molecule has 25 heavy (non-hydrogen) atoms. The lowest BCUT2D eigenvalue weighted by Crippen LogP contribution is -2.29. The van der Waals surface area contributed by atoms with E-state index >= 15 is 0 Å². The predicted octanol–water partition coefficient (Wildman–Crippen LogP) is 2.41. The first-order valence-corrected chi connectivity index (χ1v) is 9.41. The van der Waals surface area contributed by atoms with E-state index in [-0.39, 0.29) is 6.61 Å². The van der Waals surface area contributed by atoms with Gasteiger partial charge in [-0.1, -0.05) is 12.8 Å². The average molecular weight is 383 g/mol. The number of carbonyl (C=O) groups excluding carboxylic acids is 1. The van der Waals surface area contributed by atoms with Crippen LogP contribution in [0.4, 0.5) is 4.79 Å². The zero-order chi connectivity index (χ0) is 18.4. The van der Waals surface area contributed by atoms with Crippen molar-refractivity contribution in [1.82, 2.24) is 5.32 Å². The summed E-state index contributed by atoms with van der Waals surface area (Å²) >= 11 is 5.60. The van der Waals surface area contributed by atoms with Gasteiger partial charge in [0.25, 0.3) is 0 Å². The summed E-state index contributed by atoms with van der Waals surface area (Å²) in [6.45, 7) is 8.11. The molecule has 0 bridgehead atoms. The zero-order valence-corrected chi connectivity index (χ0v) is 15.9. The first kappa shape index (κ1) is 24.4. The van der Waals surface area contributed by atoms with Crippen molar-refractivity contribution in [2.45, 2.75) is 25.7 Å². The Morgan fingerprint density at radius 2 is 1.36 bits per heavy atom. The van der Waals surface area contributed by atoms with Crippen molar-refractivity contribution >= 4 is 17.7 Å². The largest absolute Gasteiger partial charge is 0.447 e. The van der Waals surface area contributed by atoms with Gasteiger partial charge in [-0.15, -0.1) is 11.6 Å². The van der Waals surface area contributed by atoms with Crippen LogP contribution in [0, 0.1) is 6.92 Å².